The molecule has 1 aliphatic heterocycles. The van der Waals surface area contributed by atoms with E-state index < -0.39 is 0 Å². The molecular formula is C11H11NOS. The van der Waals surface area contributed by atoms with Crippen LogP contribution in [0.5, 0.6) is 0 Å². The first-order valence-electron chi connectivity index (χ1n) is 4.54. The molecule has 0 aromatic carbocycles. The summed E-state index contributed by atoms with van der Waals surface area (Å²) in [4.78, 5) is 13.3. The van der Waals surface area contributed by atoms with Crippen molar-refractivity contribution < 1.29 is 4.79 Å². The van der Waals surface area contributed by atoms with Crippen LogP contribution in [0.1, 0.15) is 12.0 Å². The number of hydrogen-bond donors (Lipinski definition) is 0. The van der Waals surface area contributed by atoms with Gasteiger partial charge in [0.2, 0.25) is 5.91 Å². The zero-order valence-electron chi connectivity index (χ0n) is 7.77. The zero-order chi connectivity index (χ0) is 9.97. The number of likely N-dealkylation sites (tertiary alicyclic amines) is 1. The Morgan fingerprint density at radius 2 is 2.57 bits per heavy atom. The fraction of sp³-hybridized carbons (Fsp3) is 0.364. The van der Waals surface area contributed by atoms with Crippen LogP contribution in [0.15, 0.2) is 16.8 Å². The molecule has 1 unspecified atom stereocenters. The number of thiophene rings is 1. The quantitative estimate of drug-likeness (QED) is 0.673. The second kappa shape index (κ2) is 3.85. The Labute approximate surface area is 87.5 Å². The zero-order valence-corrected chi connectivity index (χ0v) is 8.59. The Morgan fingerprint density at radius 3 is 3.14 bits per heavy atom. The summed E-state index contributed by atoms with van der Waals surface area (Å²) in [5.41, 5.74) is 1.20. The number of hydrogen-bond acceptors (Lipinski definition) is 2. The smallest absolute Gasteiger partial charge is 0.224 e. The average Bonchev–Trinajstić information content (AvgIpc) is 2.78. The molecule has 0 N–H and O–H groups in total. The largest absolute Gasteiger partial charge is 0.337 e. The van der Waals surface area contributed by atoms with Crippen LogP contribution in [0, 0.1) is 18.3 Å². The molecule has 1 amide bonds. The second-order valence-electron chi connectivity index (χ2n) is 3.47. The second-order valence-corrected chi connectivity index (χ2v) is 4.25. The predicted molar refractivity (Wildman–Crippen MR) is 56.7 cm³/mol. The molecule has 2 rings (SSSR count). The van der Waals surface area contributed by atoms with Crippen LogP contribution >= 0.6 is 11.3 Å². The molecule has 0 radical (unpaired) electrons. The van der Waals surface area contributed by atoms with E-state index in [9.17, 15) is 4.79 Å². The Balaban J connectivity index is 2.00. The Kier molecular flexibility index (Phi) is 2.55. The van der Waals surface area contributed by atoms with Gasteiger partial charge < -0.3 is 4.90 Å². The molecule has 2 nitrogen and oxygen atoms in total. The van der Waals surface area contributed by atoms with Gasteiger partial charge in [-0.25, -0.2) is 0 Å². The van der Waals surface area contributed by atoms with Gasteiger partial charge in [-0.05, 0) is 22.4 Å². The molecule has 0 saturated carbocycles. The minimum atomic E-state index is 0.112. The number of rotatable bonds is 2. The Bertz CT molecular complexity index is 363. The van der Waals surface area contributed by atoms with Crippen LogP contribution in [0.2, 0.25) is 0 Å². The molecule has 14 heavy (non-hydrogen) atoms. The molecular weight excluding hydrogens is 194 g/mol. The maximum atomic E-state index is 11.5. The summed E-state index contributed by atoms with van der Waals surface area (Å²) >= 11 is 1.65. The molecule has 1 aliphatic rings. The van der Waals surface area contributed by atoms with E-state index in [1.165, 1.54) is 5.56 Å². The number of nitrogens with zero attached hydrogens (tertiary/aromatic N) is 1. The lowest BCUT2D eigenvalue weighted by molar-refractivity contribution is -0.128. The van der Waals surface area contributed by atoms with Gasteiger partial charge in [0.15, 0.2) is 0 Å². The fourth-order valence-electron chi connectivity index (χ4n) is 1.64. The van der Waals surface area contributed by atoms with Crippen molar-refractivity contribution in [3.63, 3.8) is 0 Å². The summed E-state index contributed by atoms with van der Waals surface area (Å²) in [6.45, 7) is 1.42. The van der Waals surface area contributed by atoms with Crippen molar-refractivity contribution >= 4 is 17.2 Å². The molecule has 1 atom stereocenters. The van der Waals surface area contributed by atoms with Crippen molar-refractivity contribution in [2.45, 2.75) is 13.0 Å². The highest BCUT2D eigenvalue weighted by atomic mass is 32.1. The van der Waals surface area contributed by atoms with Crippen LogP contribution in [0.4, 0.5) is 0 Å². The average molecular weight is 205 g/mol. The standard InChI is InChI=1S/C11H11NOS/c1-2-9-5-11(13)12(6-9)7-10-3-4-14-8-10/h1,3-4,8-9H,5-7H2. The van der Waals surface area contributed by atoms with Gasteiger partial charge in [-0.1, -0.05) is 0 Å². The lowest BCUT2D eigenvalue weighted by Crippen LogP contribution is -2.24. The van der Waals surface area contributed by atoms with Crippen molar-refractivity contribution in [1.29, 1.82) is 0 Å². The van der Waals surface area contributed by atoms with E-state index in [0.29, 0.717) is 19.5 Å². The summed E-state index contributed by atoms with van der Waals surface area (Å²) in [5.74, 6) is 2.94. The Hall–Kier alpha value is -1.27. The normalized spacial score (nSPS) is 21.2. The summed E-state index contributed by atoms with van der Waals surface area (Å²) in [7, 11) is 0. The van der Waals surface area contributed by atoms with Crippen molar-refractivity contribution in [3.05, 3.63) is 22.4 Å². The van der Waals surface area contributed by atoms with Crippen molar-refractivity contribution in [3.8, 4) is 12.3 Å². The van der Waals surface area contributed by atoms with Gasteiger partial charge in [-0.15, -0.1) is 12.3 Å². The van der Waals surface area contributed by atoms with Crippen molar-refractivity contribution in [2.24, 2.45) is 5.92 Å². The molecule has 1 saturated heterocycles. The number of carbonyl (C=O) groups is 1. The predicted octanol–water partition coefficient (Wildman–Crippen LogP) is 1.73. The van der Waals surface area contributed by atoms with Crippen LogP contribution in [0.25, 0.3) is 0 Å². The monoisotopic (exact) mass is 205 g/mol. The molecule has 2 heterocycles. The van der Waals surface area contributed by atoms with Crippen LogP contribution in [-0.4, -0.2) is 17.4 Å². The Morgan fingerprint density at radius 1 is 1.71 bits per heavy atom. The topological polar surface area (TPSA) is 20.3 Å². The number of amides is 1. The third-order valence-corrected chi connectivity index (χ3v) is 3.14. The SMILES string of the molecule is C#CC1CC(=O)N(Cc2ccsc2)C1. The minimum Gasteiger partial charge on any atom is -0.337 e. The molecule has 0 bridgehead atoms. The van der Waals surface area contributed by atoms with E-state index in [0.717, 1.165) is 0 Å². The fourth-order valence-corrected chi connectivity index (χ4v) is 2.30. The van der Waals surface area contributed by atoms with E-state index in [2.05, 4.69) is 11.3 Å². The van der Waals surface area contributed by atoms with Gasteiger partial charge in [-0.3, -0.25) is 4.79 Å². The third-order valence-electron chi connectivity index (χ3n) is 2.40. The first-order valence-corrected chi connectivity index (χ1v) is 5.49. The van der Waals surface area contributed by atoms with E-state index in [1.54, 1.807) is 11.3 Å². The molecule has 1 fully saturated rings. The van der Waals surface area contributed by atoms with E-state index in [4.69, 9.17) is 6.42 Å². The number of terminal acetylenes is 1. The summed E-state index contributed by atoms with van der Waals surface area (Å²) in [6, 6.07) is 2.04. The van der Waals surface area contributed by atoms with Crippen molar-refractivity contribution in [2.75, 3.05) is 6.54 Å². The van der Waals surface area contributed by atoms with Crippen LogP contribution in [0.3, 0.4) is 0 Å². The summed E-state index contributed by atoms with van der Waals surface area (Å²) in [5, 5.41) is 4.09. The van der Waals surface area contributed by atoms with Gasteiger partial charge in [-0.2, -0.15) is 11.3 Å². The minimum absolute atomic E-state index is 0.112. The molecule has 1 aromatic rings. The molecule has 3 heteroatoms. The highest BCUT2D eigenvalue weighted by molar-refractivity contribution is 7.07. The molecule has 72 valence electrons. The van der Waals surface area contributed by atoms with Gasteiger partial charge in [0, 0.05) is 25.4 Å². The third kappa shape index (κ3) is 1.80. The first kappa shape index (κ1) is 9.29. The van der Waals surface area contributed by atoms with E-state index in [-0.39, 0.29) is 11.8 Å². The summed E-state index contributed by atoms with van der Waals surface area (Å²) < 4.78 is 0. The lowest BCUT2D eigenvalue weighted by Gasteiger charge is -2.14. The van der Waals surface area contributed by atoms with E-state index >= 15 is 0 Å². The molecule has 0 aliphatic carbocycles. The first-order chi connectivity index (χ1) is 6.79. The lowest BCUT2D eigenvalue weighted by atomic mass is 10.1. The van der Waals surface area contributed by atoms with Crippen molar-refractivity contribution in [1.82, 2.24) is 4.90 Å². The molecule has 0 spiro atoms. The number of carbonyl (C=O) groups excluding carboxylic acids is 1. The summed E-state index contributed by atoms with van der Waals surface area (Å²) in [6.07, 6.45) is 5.82. The maximum absolute atomic E-state index is 11.5. The van der Waals surface area contributed by atoms with Gasteiger partial charge in [0.05, 0.1) is 0 Å². The maximum Gasteiger partial charge on any atom is 0.224 e. The van der Waals surface area contributed by atoms with Gasteiger partial charge in [0.1, 0.15) is 0 Å². The highest BCUT2D eigenvalue weighted by Crippen LogP contribution is 2.20. The van der Waals surface area contributed by atoms with Crippen LogP contribution < -0.4 is 0 Å². The van der Waals surface area contributed by atoms with Crippen LogP contribution in [-0.2, 0) is 11.3 Å². The van der Waals surface area contributed by atoms with E-state index in [1.807, 2.05) is 16.3 Å². The van der Waals surface area contributed by atoms with Gasteiger partial charge >= 0.3 is 0 Å². The molecule has 1 aromatic heterocycles. The van der Waals surface area contributed by atoms with Gasteiger partial charge in [0.25, 0.3) is 0 Å². The highest BCUT2D eigenvalue weighted by Gasteiger charge is 2.27.